The Hall–Kier alpha value is -1.80. The summed E-state index contributed by atoms with van der Waals surface area (Å²) in [5, 5.41) is 17.1. The first-order valence-electron chi connectivity index (χ1n) is 6.03. The van der Waals surface area contributed by atoms with Crippen LogP contribution in [0.3, 0.4) is 0 Å². The number of hydrogen-bond donors (Lipinski definition) is 3. The van der Waals surface area contributed by atoms with Crippen LogP contribution in [0.5, 0.6) is 5.75 Å². The minimum atomic E-state index is -4.08. The molecule has 0 bridgehead atoms. The average molecular weight is 302 g/mol. The zero-order chi connectivity index (χ0) is 15.3. The summed E-state index contributed by atoms with van der Waals surface area (Å²) in [7, 11) is -2.78. The summed E-state index contributed by atoms with van der Waals surface area (Å²) < 4.78 is 28.1. The zero-order valence-electron chi connectivity index (χ0n) is 11.3. The van der Waals surface area contributed by atoms with E-state index in [9.17, 15) is 13.2 Å². The van der Waals surface area contributed by atoms with Gasteiger partial charge in [0.1, 0.15) is 4.90 Å². The van der Waals surface area contributed by atoms with Gasteiger partial charge in [0.25, 0.3) is 0 Å². The summed E-state index contributed by atoms with van der Waals surface area (Å²) in [6.45, 7) is 2.57. The van der Waals surface area contributed by atoms with Crippen molar-refractivity contribution in [2.75, 3.05) is 19.0 Å². The number of benzene rings is 1. The molecule has 0 saturated heterocycles. The van der Waals surface area contributed by atoms with E-state index in [1.54, 1.807) is 0 Å². The first-order chi connectivity index (χ1) is 9.31. The number of carboxylic acids is 1. The van der Waals surface area contributed by atoms with E-state index >= 15 is 0 Å². The Kier molecular flexibility index (Phi) is 5.34. The van der Waals surface area contributed by atoms with E-state index in [4.69, 9.17) is 15.0 Å². The van der Waals surface area contributed by atoms with Gasteiger partial charge in [0, 0.05) is 6.54 Å². The third-order valence-corrected chi connectivity index (χ3v) is 3.57. The normalized spacial score (nSPS) is 11.2. The molecule has 0 heterocycles. The van der Waals surface area contributed by atoms with Crippen molar-refractivity contribution < 1.29 is 23.1 Å². The van der Waals surface area contributed by atoms with Crippen LogP contribution in [0.1, 0.15) is 30.1 Å². The fourth-order valence-electron chi connectivity index (χ4n) is 1.68. The number of primary sulfonamides is 1. The van der Waals surface area contributed by atoms with Crippen LogP contribution in [-0.2, 0) is 10.0 Å². The number of carboxylic acid groups (broad SMARTS) is 1. The van der Waals surface area contributed by atoms with Crippen molar-refractivity contribution in [3.05, 3.63) is 17.7 Å². The molecule has 0 unspecified atom stereocenters. The average Bonchev–Trinajstić information content (AvgIpc) is 2.36. The highest BCUT2D eigenvalue weighted by Crippen LogP contribution is 2.33. The van der Waals surface area contributed by atoms with Gasteiger partial charge >= 0.3 is 5.97 Å². The molecule has 20 heavy (non-hydrogen) atoms. The van der Waals surface area contributed by atoms with Gasteiger partial charge in [-0.15, -0.1) is 0 Å². The molecule has 0 fully saturated rings. The van der Waals surface area contributed by atoms with Gasteiger partial charge in [0.15, 0.2) is 5.75 Å². The van der Waals surface area contributed by atoms with Crippen LogP contribution in [-0.4, -0.2) is 33.1 Å². The number of unbranched alkanes of at least 4 members (excludes halogenated alkanes) is 1. The van der Waals surface area contributed by atoms with Crippen molar-refractivity contribution in [1.82, 2.24) is 0 Å². The molecule has 1 aromatic carbocycles. The molecule has 8 heteroatoms. The van der Waals surface area contributed by atoms with E-state index in [1.807, 2.05) is 6.92 Å². The minimum absolute atomic E-state index is 0.0219. The van der Waals surface area contributed by atoms with Crippen molar-refractivity contribution >= 4 is 21.7 Å². The van der Waals surface area contributed by atoms with Crippen LogP contribution < -0.4 is 15.2 Å². The lowest BCUT2D eigenvalue weighted by molar-refractivity contribution is 0.0696. The SMILES string of the molecule is CCCCNc1cc(C(=O)O)cc(S(N)(=O)=O)c1OC. The number of rotatable bonds is 7. The Morgan fingerprint density at radius 1 is 1.45 bits per heavy atom. The van der Waals surface area contributed by atoms with Crippen LogP contribution in [0, 0.1) is 0 Å². The highest BCUT2D eigenvalue weighted by Gasteiger charge is 2.22. The number of nitrogens with two attached hydrogens (primary N) is 1. The number of methoxy groups -OCH3 is 1. The molecule has 0 saturated carbocycles. The van der Waals surface area contributed by atoms with Gasteiger partial charge in [-0.25, -0.2) is 18.4 Å². The standard InChI is InChI=1S/C12H18N2O5S/c1-3-4-5-14-9-6-8(12(15)16)7-10(11(9)19-2)20(13,17)18/h6-7,14H,3-5H2,1-2H3,(H,15,16)(H2,13,17,18). The first-order valence-corrected chi connectivity index (χ1v) is 7.57. The summed E-state index contributed by atoms with van der Waals surface area (Å²) in [6, 6.07) is 2.31. The first kappa shape index (κ1) is 16.3. The summed E-state index contributed by atoms with van der Waals surface area (Å²) in [6.07, 6.45) is 1.79. The number of carbonyl (C=O) groups is 1. The van der Waals surface area contributed by atoms with Crippen LogP contribution in [0.25, 0.3) is 0 Å². The molecular formula is C12H18N2O5S. The summed E-state index contributed by atoms with van der Waals surface area (Å²) in [5.74, 6) is -1.22. The van der Waals surface area contributed by atoms with E-state index in [1.165, 1.54) is 13.2 Å². The largest absolute Gasteiger partial charge is 0.493 e. The van der Waals surface area contributed by atoms with Crippen molar-refractivity contribution in [1.29, 1.82) is 0 Å². The lowest BCUT2D eigenvalue weighted by atomic mass is 10.1. The predicted octanol–water partition coefficient (Wildman–Crippen LogP) is 1.25. The highest BCUT2D eigenvalue weighted by atomic mass is 32.2. The molecule has 0 atom stereocenters. The van der Waals surface area contributed by atoms with Crippen LogP contribution in [0.2, 0.25) is 0 Å². The number of ether oxygens (including phenoxy) is 1. The molecule has 0 aromatic heterocycles. The Balaban J connectivity index is 3.39. The second-order valence-corrected chi connectivity index (χ2v) is 5.72. The molecule has 0 aliphatic carbocycles. The van der Waals surface area contributed by atoms with E-state index in [0.717, 1.165) is 18.9 Å². The predicted molar refractivity (Wildman–Crippen MR) is 74.7 cm³/mol. The molecular weight excluding hydrogens is 284 g/mol. The van der Waals surface area contributed by atoms with Gasteiger partial charge in [-0.3, -0.25) is 0 Å². The minimum Gasteiger partial charge on any atom is -0.493 e. The van der Waals surface area contributed by atoms with Gasteiger partial charge in [-0.1, -0.05) is 13.3 Å². The number of hydrogen-bond acceptors (Lipinski definition) is 5. The molecule has 1 rings (SSSR count). The quantitative estimate of drug-likeness (QED) is 0.652. The summed E-state index contributed by atoms with van der Waals surface area (Å²) >= 11 is 0. The van der Waals surface area contributed by atoms with E-state index < -0.39 is 16.0 Å². The lowest BCUT2D eigenvalue weighted by Crippen LogP contribution is -2.16. The third kappa shape index (κ3) is 3.84. The maximum Gasteiger partial charge on any atom is 0.335 e. The zero-order valence-corrected chi connectivity index (χ0v) is 12.2. The number of aromatic carboxylic acids is 1. The molecule has 112 valence electrons. The van der Waals surface area contributed by atoms with Crippen molar-refractivity contribution in [2.45, 2.75) is 24.7 Å². The fourth-order valence-corrected chi connectivity index (χ4v) is 2.42. The Bertz CT molecular complexity index is 598. The lowest BCUT2D eigenvalue weighted by Gasteiger charge is -2.15. The maximum atomic E-state index is 11.5. The highest BCUT2D eigenvalue weighted by molar-refractivity contribution is 7.89. The molecule has 7 nitrogen and oxygen atoms in total. The Labute approximate surface area is 117 Å². The van der Waals surface area contributed by atoms with E-state index in [-0.39, 0.29) is 16.2 Å². The monoisotopic (exact) mass is 302 g/mol. The van der Waals surface area contributed by atoms with E-state index in [0.29, 0.717) is 12.2 Å². The number of sulfonamides is 1. The van der Waals surface area contributed by atoms with Gasteiger partial charge in [0.05, 0.1) is 18.4 Å². The summed E-state index contributed by atoms with van der Waals surface area (Å²) in [5.41, 5.74) is 0.124. The molecule has 0 amide bonds. The second-order valence-electron chi connectivity index (χ2n) is 4.19. The molecule has 0 spiro atoms. The Morgan fingerprint density at radius 2 is 2.10 bits per heavy atom. The molecule has 4 N–H and O–H groups in total. The van der Waals surface area contributed by atoms with Gasteiger partial charge in [0.2, 0.25) is 10.0 Å². The molecule has 0 radical (unpaired) electrons. The van der Waals surface area contributed by atoms with Gasteiger partial charge in [-0.05, 0) is 18.6 Å². The van der Waals surface area contributed by atoms with Crippen molar-refractivity contribution in [2.24, 2.45) is 5.14 Å². The Morgan fingerprint density at radius 3 is 2.55 bits per heavy atom. The van der Waals surface area contributed by atoms with Crippen molar-refractivity contribution in [3.8, 4) is 5.75 Å². The topological polar surface area (TPSA) is 119 Å². The smallest absolute Gasteiger partial charge is 0.335 e. The second kappa shape index (κ2) is 6.58. The van der Waals surface area contributed by atoms with Gasteiger partial charge < -0.3 is 15.2 Å². The maximum absolute atomic E-state index is 11.5. The van der Waals surface area contributed by atoms with Crippen LogP contribution in [0.15, 0.2) is 17.0 Å². The number of nitrogens with one attached hydrogen (secondary N) is 1. The molecule has 1 aromatic rings. The fraction of sp³-hybridized carbons (Fsp3) is 0.417. The van der Waals surface area contributed by atoms with Gasteiger partial charge in [-0.2, -0.15) is 0 Å². The molecule has 0 aliphatic heterocycles. The molecule has 0 aliphatic rings. The van der Waals surface area contributed by atoms with Crippen molar-refractivity contribution in [3.63, 3.8) is 0 Å². The summed E-state index contributed by atoms with van der Waals surface area (Å²) in [4.78, 5) is 10.7. The van der Waals surface area contributed by atoms with E-state index in [2.05, 4.69) is 5.32 Å². The third-order valence-electron chi connectivity index (χ3n) is 2.66. The van der Waals surface area contributed by atoms with Crippen LogP contribution >= 0.6 is 0 Å². The van der Waals surface area contributed by atoms with Crippen LogP contribution in [0.4, 0.5) is 5.69 Å². The number of anilines is 1.